The number of alkyl halides is 3. The molecule has 0 atom stereocenters. The van der Waals surface area contributed by atoms with Gasteiger partial charge in [0.25, 0.3) is 0 Å². The molecule has 1 heterocycles. The Morgan fingerprint density at radius 2 is 1.84 bits per heavy atom. The van der Waals surface area contributed by atoms with Crippen LogP contribution >= 0.6 is 0 Å². The second-order valence-corrected chi connectivity index (χ2v) is 4.76. The minimum atomic E-state index is -4.54. The van der Waals surface area contributed by atoms with E-state index in [1.165, 1.54) is 26.0 Å². The van der Waals surface area contributed by atoms with Crippen LogP contribution in [0, 0.1) is 0 Å². The number of carboxylic acid groups (broad SMARTS) is 1. The lowest BCUT2D eigenvalue weighted by atomic mass is 9.84. The van der Waals surface area contributed by atoms with Gasteiger partial charge in [-0.15, -0.1) is 0 Å². The SMILES string of the molecule is CC(C)(C(=O)O)c1coc2c(C(F)(F)F)cccc12. The van der Waals surface area contributed by atoms with Crippen molar-refractivity contribution in [1.82, 2.24) is 0 Å². The number of para-hydroxylation sites is 1. The number of hydrogen-bond acceptors (Lipinski definition) is 2. The number of carboxylic acids is 1. The first-order valence-electron chi connectivity index (χ1n) is 5.47. The maximum absolute atomic E-state index is 12.8. The average molecular weight is 272 g/mol. The Hall–Kier alpha value is -1.98. The van der Waals surface area contributed by atoms with Gasteiger partial charge in [0.15, 0.2) is 0 Å². The Labute approximate surface area is 106 Å². The number of furan rings is 1. The molecule has 0 amide bonds. The van der Waals surface area contributed by atoms with Crippen LogP contribution in [-0.2, 0) is 16.4 Å². The second-order valence-electron chi connectivity index (χ2n) is 4.76. The van der Waals surface area contributed by atoms with E-state index < -0.39 is 23.1 Å². The molecule has 19 heavy (non-hydrogen) atoms. The second kappa shape index (κ2) is 4.01. The van der Waals surface area contributed by atoms with E-state index in [0.29, 0.717) is 0 Å². The monoisotopic (exact) mass is 272 g/mol. The zero-order valence-electron chi connectivity index (χ0n) is 10.2. The van der Waals surface area contributed by atoms with Crippen LogP contribution in [-0.4, -0.2) is 11.1 Å². The molecule has 2 aromatic rings. The van der Waals surface area contributed by atoms with Gasteiger partial charge < -0.3 is 9.52 Å². The fraction of sp³-hybridized carbons (Fsp3) is 0.308. The largest absolute Gasteiger partial charge is 0.481 e. The number of aliphatic carboxylic acids is 1. The van der Waals surface area contributed by atoms with E-state index in [1.807, 2.05) is 0 Å². The fourth-order valence-corrected chi connectivity index (χ4v) is 1.88. The highest BCUT2D eigenvalue weighted by Gasteiger charge is 2.37. The summed E-state index contributed by atoms with van der Waals surface area (Å²) in [7, 11) is 0. The Morgan fingerprint density at radius 1 is 1.21 bits per heavy atom. The Bertz CT molecular complexity index is 638. The third-order valence-corrected chi connectivity index (χ3v) is 3.11. The van der Waals surface area contributed by atoms with Crippen LogP contribution < -0.4 is 0 Å². The fourth-order valence-electron chi connectivity index (χ4n) is 1.88. The minimum Gasteiger partial charge on any atom is -0.481 e. The van der Waals surface area contributed by atoms with Crippen LogP contribution in [0.5, 0.6) is 0 Å². The number of carbonyl (C=O) groups is 1. The number of fused-ring (bicyclic) bond motifs is 1. The first-order valence-corrected chi connectivity index (χ1v) is 5.47. The van der Waals surface area contributed by atoms with E-state index in [2.05, 4.69) is 0 Å². The van der Waals surface area contributed by atoms with E-state index in [4.69, 9.17) is 9.52 Å². The summed E-state index contributed by atoms with van der Waals surface area (Å²) >= 11 is 0. The zero-order valence-corrected chi connectivity index (χ0v) is 10.2. The molecule has 1 aromatic carbocycles. The Morgan fingerprint density at radius 3 is 2.37 bits per heavy atom. The predicted molar refractivity (Wildman–Crippen MR) is 61.9 cm³/mol. The third kappa shape index (κ3) is 2.07. The highest BCUT2D eigenvalue weighted by molar-refractivity contribution is 5.91. The zero-order chi connectivity index (χ0) is 14.4. The smallest absolute Gasteiger partial charge is 0.420 e. The molecular formula is C13H11F3O3. The highest BCUT2D eigenvalue weighted by Crippen LogP contribution is 2.39. The Balaban J connectivity index is 2.73. The molecule has 2 rings (SSSR count). The molecule has 0 saturated heterocycles. The van der Waals surface area contributed by atoms with Crippen LogP contribution in [0.15, 0.2) is 28.9 Å². The quantitative estimate of drug-likeness (QED) is 0.904. The van der Waals surface area contributed by atoms with Crippen LogP contribution in [0.4, 0.5) is 13.2 Å². The lowest BCUT2D eigenvalue weighted by Crippen LogP contribution is -2.28. The van der Waals surface area contributed by atoms with E-state index in [1.54, 1.807) is 0 Å². The third-order valence-electron chi connectivity index (χ3n) is 3.11. The van der Waals surface area contributed by atoms with Gasteiger partial charge in [0, 0.05) is 10.9 Å². The number of halogens is 3. The molecule has 1 N–H and O–H groups in total. The molecule has 3 nitrogen and oxygen atoms in total. The van der Waals surface area contributed by atoms with E-state index in [0.717, 1.165) is 12.3 Å². The van der Waals surface area contributed by atoms with Gasteiger partial charge in [-0.05, 0) is 19.9 Å². The van der Waals surface area contributed by atoms with Gasteiger partial charge in [-0.3, -0.25) is 4.79 Å². The molecule has 0 spiro atoms. The van der Waals surface area contributed by atoms with Crippen LogP contribution in [0.2, 0.25) is 0 Å². The van der Waals surface area contributed by atoms with Crippen molar-refractivity contribution in [2.45, 2.75) is 25.4 Å². The lowest BCUT2D eigenvalue weighted by molar-refractivity contribution is -0.142. The molecule has 0 aliphatic carbocycles. The van der Waals surface area contributed by atoms with E-state index >= 15 is 0 Å². The topological polar surface area (TPSA) is 50.4 Å². The van der Waals surface area contributed by atoms with Gasteiger partial charge >= 0.3 is 12.1 Å². The summed E-state index contributed by atoms with van der Waals surface area (Å²) in [4.78, 5) is 11.2. The Kier molecular flexibility index (Phi) is 2.84. The van der Waals surface area contributed by atoms with Gasteiger partial charge in [0.05, 0.1) is 17.2 Å². The molecule has 102 valence electrons. The van der Waals surface area contributed by atoms with Gasteiger partial charge in [-0.1, -0.05) is 12.1 Å². The van der Waals surface area contributed by atoms with Crippen molar-refractivity contribution in [3.05, 3.63) is 35.6 Å². The molecule has 0 aliphatic heterocycles. The first-order chi connectivity index (χ1) is 8.65. The molecule has 0 radical (unpaired) electrons. The highest BCUT2D eigenvalue weighted by atomic mass is 19.4. The van der Waals surface area contributed by atoms with Gasteiger partial charge in [0.2, 0.25) is 0 Å². The summed E-state index contributed by atoms with van der Waals surface area (Å²) in [6.45, 7) is 2.83. The van der Waals surface area contributed by atoms with Crippen LogP contribution in [0.1, 0.15) is 25.0 Å². The van der Waals surface area contributed by atoms with Crippen molar-refractivity contribution >= 4 is 16.9 Å². The minimum absolute atomic E-state index is 0.169. The van der Waals surface area contributed by atoms with Crippen molar-refractivity contribution in [1.29, 1.82) is 0 Å². The number of rotatable bonds is 2. The maximum Gasteiger partial charge on any atom is 0.420 e. The number of benzene rings is 1. The molecule has 0 saturated carbocycles. The number of hydrogen-bond donors (Lipinski definition) is 1. The molecule has 1 aromatic heterocycles. The summed E-state index contributed by atoms with van der Waals surface area (Å²) in [6, 6.07) is 3.57. The molecule has 0 aliphatic rings. The van der Waals surface area contributed by atoms with Gasteiger partial charge in [0.1, 0.15) is 5.58 Å². The summed E-state index contributed by atoms with van der Waals surface area (Å²) in [5, 5.41) is 9.31. The van der Waals surface area contributed by atoms with Crippen LogP contribution in [0.25, 0.3) is 11.0 Å². The van der Waals surface area contributed by atoms with Crippen molar-refractivity contribution in [2.24, 2.45) is 0 Å². The molecule has 6 heteroatoms. The summed E-state index contributed by atoms with van der Waals surface area (Å²) in [5.41, 5.74) is -2.34. The van der Waals surface area contributed by atoms with Crippen LogP contribution in [0.3, 0.4) is 0 Å². The molecule has 0 fully saturated rings. The average Bonchev–Trinajstić information content (AvgIpc) is 2.70. The van der Waals surface area contributed by atoms with Crippen molar-refractivity contribution in [3.8, 4) is 0 Å². The van der Waals surface area contributed by atoms with E-state index in [-0.39, 0.29) is 16.5 Å². The summed E-state index contributed by atoms with van der Waals surface area (Å²) < 4.78 is 43.4. The van der Waals surface area contributed by atoms with Gasteiger partial charge in [-0.25, -0.2) is 0 Å². The first kappa shape index (κ1) is 13.5. The molecule has 0 unspecified atom stereocenters. The van der Waals surface area contributed by atoms with E-state index in [9.17, 15) is 18.0 Å². The van der Waals surface area contributed by atoms with Crippen molar-refractivity contribution in [3.63, 3.8) is 0 Å². The summed E-state index contributed by atoms with van der Waals surface area (Å²) in [5.74, 6) is -1.13. The van der Waals surface area contributed by atoms with Crippen molar-refractivity contribution < 1.29 is 27.5 Å². The van der Waals surface area contributed by atoms with Crippen molar-refractivity contribution in [2.75, 3.05) is 0 Å². The molecular weight excluding hydrogens is 261 g/mol. The summed E-state index contributed by atoms with van der Waals surface area (Å²) in [6.07, 6.45) is -3.46. The molecule has 0 bridgehead atoms. The maximum atomic E-state index is 12.8. The normalized spacial score (nSPS) is 12.9. The predicted octanol–water partition coefficient (Wildman–Crippen LogP) is 3.81. The van der Waals surface area contributed by atoms with Gasteiger partial charge in [-0.2, -0.15) is 13.2 Å². The lowest BCUT2D eigenvalue weighted by Gasteiger charge is -2.17. The standard InChI is InChI=1S/C13H11F3O3/c1-12(2,11(17)18)9-6-19-10-7(9)4-3-5-8(10)13(14,15)16/h3-6H,1-2H3,(H,17,18).